The highest BCUT2D eigenvalue weighted by Gasteiger charge is 2.25. The van der Waals surface area contributed by atoms with E-state index in [0.717, 1.165) is 25.9 Å². The Labute approximate surface area is 110 Å². The summed E-state index contributed by atoms with van der Waals surface area (Å²) in [4.78, 5) is 10.1. The van der Waals surface area contributed by atoms with Gasteiger partial charge >= 0.3 is 22.3 Å². The van der Waals surface area contributed by atoms with E-state index < -0.39 is 10.4 Å². The van der Waals surface area contributed by atoms with Gasteiger partial charge in [0.15, 0.2) is 0 Å². The fourth-order valence-corrected chi connectivity index (χ4v) is 2.32. The van der Waals surface area contributed by atoms with Crippen LogP contribution in [-0.2, 0) is 10.4 Å². The van der Waals surface area contributed by atoms with Gasteiger partial charge in [0, 0.05) is 20.0 Å². The zero-order chi connectivity index (χ0) is 14.0. The van der Waals surface area contributed by atoms with Crippen molar-refractivity contribution < 1.29 is 22.0 Å². The molecule has 2 heterocycles. The van der Waals surface area contributed by atoms with Crippen LogP contribution in [-0.4, -0.2) is 36.0 Å². The molecule has 1 saturated heterocycles. The Balaban J connectivity index is 2.30. The molecule has 2 rings (SSSR count). The first-order valence-corrected chi connectivity index (χ1v) is 7.22. The first-order valence-electron chi connectivity index (χ1n) is 5.85. The quantitative estimate of drug-likeness (QED) is 0.530. The molecule has 1 aliphatic rings. The van der Waals surface area contributed by atoms with Crippen LogP contribution in [0.5, 0.6) is 0 Å². The van der Waals surface area contributed by atoms with E-state index in [2.05, 4.69) is 14.3 Å². The van der Waals surface area contributed by atoms with E-state index >= 15 is 0 Å². The first-order chi connectivity index (χ1) is 8.87. The molecule has 9 nitrogen and oxygen atoms in total. The van der Waals surface area contributed by atoms with Gasteiger partial charge in [-0.1, -0.05) is 9.97 Å². The van der Waals surface area contributed by atoms with E-state index in [4.69, 9.17) is 10.3 Å². The molecule has 0 spiro atoms. The van der Waals surface area contributed by atoms with E-state index in [1.54, 1.807) is 0 Å². The molecule has 1 aliphatic heterocycles. The summed E-state index contributed by atoms with van der Waals surface area (Å²) in [6.45, 7) is 3.18. The number of hydrogen-bond donors (Lipinski definition) is 2. The van der Waals surface area contributed by atoms with Crippen LogP contribution in [0.1, 0.15) is 25.1 Å². The molecule has 0 amide bonds. The predicted molar refractivity (Wildman–Crippen MR) is 65.6 cm³/mol. The number of aryl methyl sites for hydroxylation is 1. The van der Waals surface area contributed by atoms with Crippen molar-refractivity contribution in [2.24, 2.45) is 0 Å². The minimum absolute atomic E-state index is 0.186. The number of piperidine rings is 1. The third-order valence-corrected chi connectivity index (χ3v) is 3.12. The first kappa shape index (κ1) is 13.7. The molecule has 106 valence electrons. The van der Waals surface area contributed by atoms with E-state index in [0.29, 0.717) is 10.7 Å². The second kappa shape index (κ2) is 5.13. The molecule has 1 aromatic heterocycles. The standard InChI is InChI=1S/C9H15N5O4S/c1-7-11-9(13-5-3-2-4-6-13)12-8(10)14(7)18-19(15,16)17/h10H,2-6H2,1H3,(H,15,16,17)/p+1. The van der Waals surface area contributed by atoms with Crippen LogP contribution in [0.2, 0.25) is 0 Å². The lowest BCUT2D eigenvalue weighted by Gasteiger charge is -2.24. The maximum Gasteiger partial charge on any atom is 0.474 e. The van der Waals surface area contributed by atoms with Crippen LogP contribution in [0.3, 0.4) is 0 Å². The van der Waals surface area contributed by atoms with Crippen molar-refractivity contribution in [1.82, 2.24) is 9.97 Å². The van der Waals surface area contributed by atoms with Crippen molar-refractivity contribution >= 4 is 22.3 Å². The summed E-state index contributed by atoms with van der Waals surface area (Å²) in [5.74, 6) is 0.432. The van der Waals surface area contributed by atoms with Crippen molar-refractivity contribution in [2.45, 2.75) is 26.2 Å². The summed E-state index contributed by atoms with van der Waals surface area (Å²) < 4.78 is 35.0. The van der Waals surface area contributed by atoms with Gasteiger partial charge < -0.3 is 10.6 Å². The van der Waals surface area contributed by atoms with Gasteiger partial charge in [0.2, 0.25) is 0 Å². The summed E-state index contributed by atoms with van der Waals surface area (Å²) >= 11 is 0. The Morgan fingerprint density at radius 1 is 1.32 bits per heavy atom. The van der Waals surface area contributed by atoms with Gasteiger partial charge in [-0.3, -0.25) is 4.55 Å². The average Bonchev–Trinajstić information content (AvgIpc) is 2.33. The molecule has 0 aromatic carbocycles. The Morgan fingerprint density at radius 2 is 1.95 bits per heavy atom. The molecule has 1 aromatic rings. The zero-order valence-electron chi connectivity index (χ0n) is 10.5. The van der Waals surface area contributed by atoms with Gasteiger partial charge in [0.05, 0.1) is 0 Å². The van der Waals surface area contributed by atoms with Crippen LogP contribution in [0.15, 0.2) is 0 Å². The van der Waals surface area contributed by atoms with E-state index in [-0.39, 0.29) is 11.8 Å². The molecule has 3 N–H and O–H groups in total. The highest BCUT2D eigenvalue weighted by Crippen LogP contribution is 2.15. The van der Waals surface area contributed by atoms with Crippen molar-refractivity contribution in [2.75, 3.05) is 23.7 Å². The van der Waals surface area contributed by atoms with Gasteiger partial charge in [-0.2, -0.15) is 8.42 Å². The van der Waals surface area contributed by atoms with E-state index in [1.807, 2.05) is 4.90 Å². The Bertz CT molecular complexity index is 547. The second-order valence-electron chi connectivity index (χ2n) is 4.27. The molecule has 19 heavy (non-hydrogen) atoms. The predicted octanol–water partition coefficient (Wildman–Crippen LogP) is -1.12. The van der Waals surface area contributed by atoms with E-state index in [1.165, 1.54) is 13.3 Å². The summed E-state index contributed by atoms with van der Waals surface area (Å²) in [5.41, 5.74) is 5.62. The van der Waals surface area contributed by atoms with Gasteiger partial charge in [0.25, 0.3) is 5.82 Å². The molecule has 10 heteroatoms. The Kier molecular flexibility index (Phi) is 3.71. The normalized spacial score (nSPS) is 16.4. The number of nitrogens with two attached hydrogens (primary N) is 1. The average molecular weight is 290 g/mol. The fraction of sp³-hybridized carbons (Fsp3) is 0.667. The maximum atomic E-state index is 10.7. The smallest absolute Gasteiger partial charge is 0.320 e. The van der Waals surface area contributed by atoms with Crippen molar-refractivity contribution in [1.29, 1.82) is 0 Å². The van der Waals surface area contributed by atoms with E-state index in [9.17, 15) is 8.42 Å². The van der Waals surface area contributed by atoms with Gasteiger partial charge in [0.1, 0.15) is 0 Å². The van der Waals surface area contributed by atoms with Gasteiger partial charge in [-0.05, 0) is 24.0 Å². The second-order valence-corrected chi connectivity index (χ2v) is 5.28. The summed E-state index contributed by atoms with van der Waals surface area (Å²) in [5, 5.41) is 0. The van der Waals surface area contributed by atoms with Crippen molar-refractivity contribution in [3.63, 3.8) is 0 Å². The number of aromatic nitrogens is 3. The number of nitrogens with zero attached hydrogens (tertiary/aromatic N) is 4. The molecule has 0 aliphatic carbocycles. The molecular formula is C9H16N5O4S+. The molecule has 0 bridgehead atoms. The molecule has 0 unspecified atom stereocenters. The Morgan fingerprint density at radius 3 is 2.47 bits per heavy atom. The highest BCUT2D eigenvalue weighted by molar-refractivity contribution is 7.80. The summed E-state index contributed by atoms with van der Waals surface area (Å²) in [6, 6.07) is 0. The van der Waals surface area contributed by atoms with Crippen LogP contribution in [0.4, 0.5) is 11.9 Å². The lowest BCUT2D eigenvalue weighted by molar-refractivity contribution is -0.853. The summed E-state index contributed by atoms with van der Waals surface area (Å²) in [6.07, 6.45) is 3.28. The molecule has 0 saturated carbocycles. The number of anilines is 2. The third-order valence-electron chi connectivity index (χ3n) is 2.79. The van der Waals surface area contributed by atoms with Gasteiger partial charge in [-0.15, -0.1) is 0 Å². The topological polar surface area (TPSA) is 123 Å². The third kappa shape index (κ3) is 3.41. The van der Waals surface area contributed by atoms with Crippen LogP contribution in [0, 0.1) is 6.92 Å². The van der Waals surface area contributed by atoms with Crippen molar-refractivity contribution in [3.05, 3.63) is 5.82 Å². The molecule has 0 atom stereocenters. The number of hydrogen-bond acceptors (Lipinski definition) is 7. The number of rotatable bonds is 3. The fourth-order valence-electron chi connectivity index (χ4n) is 1.95. The molecule has 1 fully saturated rings. The number of nitrogen functional groups attached to an aromatic ring is 1. The minimum atomic E-state index is -4.67. The van der Waals surface area contributed by atoms with Crippen molar-refractivity contribution in [3.8, 4) is 0 Å². The molecule has 0 radical (unpaired) electrons. The van der Waals surface area contributed by atoms with Gasteiger partial charge in [-0.25, -0.2) is 4.28 Å². The maximum absolute atomic E-state index is 10.7. The lowest BCUT2D eigenvalue weighted by atomic mass is 10.1. The highest BCUT2D eigenvalue weighted by atomic mass is 32.3. The van der Waals surface area contributed by atoms with Crippen LogP contribution in [0.25, 0.3) is 0 Å². The lowest BCUT2D eigenvalue weighted by Crippen LogP contribution is -2.52. The monoisotopic (exact) mass is 290 g/mol. The summed E-state index contributed by atoms with van der Waals surface area (Å²) in [7, 11) is -4.67. The van der Waals surface area contributed by atoms with Crippen LogP contribution < -0.4 is 19.6 Å². The van der Waals surface area contributed by atoms with Crippen LogP contribution >= 0.6 is 0 Å². The minimum Gasteiger partial charge on any atom is -0.320 e. The largest absolute Gasteiger partial charge is 0.474 e. The molecular weight excluding hydrogens is 274 g/mol. The Hall–Kier alpha value is -1.68. The SMILES string of the molecule is Cc1nc(N2CCCCC2)nc(N)[n+]1OS(=O)(=O)O. The zero-order valence-corrected chi connectivity index (χ0v) is 11.3.